The first-order valence-corrected chi connectivity index (χ1v) is 44.6. The van der Waals surface area contributed by atoms with Crippen molar-refractivity contribution in [2.75, 3.05) is 9.80 Å². The number of furan rings is 3. The quantitative estimate of drug-likeness (QED) is 0.108. The minimum absolute atomic E-state index is 0.0709. The molecule has 0 atom stereocenters. The SMILES string of the molecule is CC(C)c1cc(Br)c2cc3c4c(cc(Br)c5ccc1c2c54)CCC3(C)C.CC(C)c1ccccc1Cc1ccc2c(c1)oc1ccccc12.CC(C)c1ccccc1N(c1cc(C(C)C)c2ccc3c(N(c4ccccc4C(C)C)c4cccc5c4oc4ccccc45)cc4c5c(cc1c2c35)C(C)(C)CC4)c1cccc2c1oc1ccccc12. The smallest absolute Gasteiger partial charge is 0.159 e. The van der Waals surface area contributed by atoms with E-state index in [1.165, 1.54) is 175 Å². The first-order valence-electron chi connectivity index (χ1n) is 43.0. The normalized spacial score (nSPS) is 14.0. The van der Waals surface area contributed by atoms with Crippen molar-refractivity contribution in [3.8, 4) is 0 Å². The highest BCUT2D eigenvalue weighted by atomic mass is 79.9. The summed E-state index contributed by atoms with van der Waals surface area (Å²) < 4.78 is 22.4. The summed E-state index contributed by atoms with van der Waals surface area (Å²) in [4.78, 5) is 5.09. The van der Waals surface area contributed by atoms with Gasteiger partial charge in [-0.3, -0.25) is 0 Å². The van der Waals surface area contributed by atoms with Crippen molar-refractivity contribution in [1.82, 2.24) is 0 Å². The highest BCUT2D eigenvalue weighted by Crippen LogP contribution is 2.58. The van der Waals surface area contributed by atoms with E-state index in [1.807, 2.05) is 12.1 Å². The van der Waals surface area contributed by atoms with Crippen LogP contribution >= 0.6 is 31.9 Å². The summed E-state index contributed by atoms with van der Waals surface area (Å²) in [6.45, 7) is 32.8. The number of aryl methyl sites for hydroxylation is 2. The topological polar surface area (TPSA) is 45.9 Å². The van der Waals surface area contributed by atoms with Crippen LogP contribution in [0.1, 0.15) is 201 Å². The average molecular weight is 1680 g/mol. The van der Waals surface area contributed by atoms with E-state index >= 15 is 0 Å². The number of anilines is 6. The van der Waals surface area contributed by atoms with Crippen LogP contribution in [0.4, 0.5) is 34.1 Å². The molecule has 0 fully saturated rings. The van der Waals surface area contributed by atoms with Crippen molar-refractivity contribution in [1.29, 1.82) is 0 Å². The molecule has 3 aromatic heterocycles. The largest absolute Gasteiger partial charge is 0.456 e. The average Bonchev–Trinajstić information content (AvgIpc) is 0.724. The highest BCUT2D eigenvalue weighted by Gasteiger charge is 2.37. The van der Waals surface area contributed by atoms with E-state index in [1.54, 1.807) is 0 Å². The molecule has 2 aliphatic carbocycles. The third-order valence-electron chi connectivity index (χ3n) is 26.7. The van der Waals surface area contributed by atoms with Gasteiger partial charge < -0.3 is 23.1 Å². The summed E-state index contributed by atoms with van der Waals surface area (Å²) in [6.07, 6.45) is 5.34. The van der Waals surface area contributed by atoms with Crippen LogP contribution in [0.2, 0.25) is 0 Å². The molecule has 5 nitrogen and oxygen atoms in total. The molecule has 7 heteroatoms. The molecule has 0 amide bonds. The minimum atomic E-state index is -0.0709. The highest BCUT2D eigenvalue weighted by molar-refractivity contribution is 9.11. The Hall–Kier alpha value is -11.2. The summed E-state index contributed by atoms with van der Waals surface area (Å²) in [5.41, 5.74) is 27.7. The molecule has 0 unspecified atom stereocenters. The van der Waals surface area contributed by atoms with Gasteiger partial charge in [-0.15, -0.1) is 0 Å². The van der Waals surface area contributed by atoms with Gasteiger partial charge in [-0.2, -0.15) is 0 Å². The molecular weight excluding hydrogens is 1580 g/mol. The molecule has 0 aliphatic heterocycles. The number of halogens is 2. The lowest BCUT2D eigenvalue weighted by atomic mass is 9.70. The number of rotatable bonds is 13. The van der Waals surface area contributed by atoms with E-state index in [0.29, 0.717) is 11.8 Å². The summed E-state index contributed by atoms with van der Waals surface area (Å²) in [7, 11) is 0. The van der Waals surface area contributed by atoms with Crippen molar-refractivity contribution in [3.63, 3.8) is 0 Å². The zero-order chi connectivity index (χ0) is 81.9. The summed E-state index contributed by atoms with van der Waals surface area (Å²) in [5, 5.41) is 23.3. The van der Waals surface area contributed by atoms with Gasteiger partial charge in [0.1, 0.15) is 22.3 Å². The van der Waals surface area contributed by atoms with Gasteiger partial charge in [-0.05, 0) is 267 Å². The Morgan fingerprint density at radius 1 is 0.286 bits per heavy atom. The second-order valence-corrected chi connectivity index (χ2v) is 38.4. The second kappa shape index (κ2) is 29.3. The maximum absolute atomic E-state index is 6.96. The number of hydrogen-bond donors (Lipinski definition) is 0. The number of fused-ring (bicyclic) bond motifs is 9. The molecule has 119 heavy (non-hydrogen) atoms. The number of nitrogens with zero attached hydrogens (tertiary/aromatic N) is 2. The van der Waals surface area contributed by atoms with Crippen LogP contribution in [0, 0.1) is 0 Å². The number of hydrogen-bond acceptors (Lipinski definition) is 5. The fourth-order valence-corrected chi connectivity index (χ4v) is 21.7. The van der Waals surface area contributed by atoms with Crippen LogP contribution in [-0.4, -0.2) is 0 Å². The standard InChI is InChI=1S/C66H58N2O2.C24H22Br2.C22H20O/c1-38(2)42-19-9-13-25-53(42)67(55-27-17-23-47-44-21-11-15-29-59(44)69-64(47)55)57-35-41-33-34-66(7,8)52-36-51-58(37-50(40(5)6)46-31-32-49(57)63(61(41)52)62(46)51)68(54-26-14-10-20-43(54)39(3)4)56-28-18-24-48-45-22-12-16-30-60(45)70-65(48)56;1-12(2)16-11-20(26)17-10-18-21-13(7-8-24(18,3)4)9-19(25)15-6-5-14(16)22(17)23(15)21;1-15(2)18-8-4-3-7-17(18)13-16-11-12-20-19-9-5-6-10-21(19)23-22(20)14-16/h9-32,35-40H,33-34H2,1-8H3;5-6,9-12H,7-8H2,1-4H3;3-12,14-15H,13H2,1-2H3. The lowest BCUT2D eigenvalue weighted by Gasteiger charge is -2.37. The third-order valence-corrected chi connectivity index (χ3v) is 28.0. The Morgan fingerprint density at radius 3 is 1.24 bits per heavy atom. The zero-order valence-corrected chi connectivity index (χ0v) is 73.8. The van der Waals surface area contributed by atoms with E-state index in [4.69, 9.17) is 13.3 Å². The molecule has 0 radical (unpaired) electrons. The Balaban J connectivity index is 0.000000149. The Labute approximate surface area is 714 Å². The van der Waals surface area contributed by atoms with Gasteiger partial charge in [-0.25, -0.2) is 0 Å². The van der Waals surface area contributed by atoms with Crippen LogP contribution in [0.15, 0.2) is 283 Å². The van der Waals surface area contributed by atoms with Crippen molar-refractivity contribution in [2.45, 2.75) is 169 Å². The molecule has 17 aromatic carbocycles. The maximum Gasteiger partial charge on any atom is 0.159 e. The van der Waals surface area contributed by atoms with E-state index in [0.717, 1.165) is 92.1 Å². The van der Waals surface area contributed by atoms with Crippen LogP contribution in [0.5, 0.6) is 0 Å². The molecule has 20 aromatic rings. The molecule has 590 valence electrons. The van der Waals surface area contributed by atoms with Crippen molar-refractivity contribution in [2.24, 2.45) is 0 Å². The zero-order valence-electron chi connectivity index (χ0n) is 70.6. The lowest BCUT2D eigenvalue weighted by molar-refractivity contribution is 0.475. The van der Waals surface area contributed by atoms with Crippen LogP contribution in [-0.2, 0) is 30.1 Å². The van der Waals surface area contributed by atoms with Gasteiger partial charge in [0.25, 0.3) is 0 Å². The maximum atomic E-state index is 6.96. The Bertz CT molecular complexity index is 7440. The van der Waals surface area contributed by atoms with Gasteiger partial charge in [0.05, 0.1) is 22.7 Å². The van der Waals surface area contributed by atoms with Gasteiger partial charge in [-0.1, -0.05) is 305 Å². The van der Waals surface area contributed by atoms with Crippen molar-refractivity contribution < 1.29 is 13.3 Å². The van der Waals surface area contributed by atoms with Gasteiger partial charge in [0.2, 0.25) is 0 Å². The van der Waals surface area contributed by atoms with E-state index in [-0.39, 0.29) is 28.6 Å². The molecule has 0 saturated heterocycles. The predicted molar refractivity (Wildman–Crippen MR) is 516 cm³/mol. The van der Waals surface area contributed by atoms with E-state index in [2.05, 4.69) is 387 Å². The van der Waals surface area contributed by atoms with Crippen molar-refractivity contribution in [3.05, 3.63) is 331 Å². The number of benzene rings is 17. The van der Waals surface area contributed by atoms with Gasteiger partial charge >= 0.3 is 0 Å². The van der Waals surface area contributed by atoms with Gasteiger partial charge in [0.15, 0.2) is 11.2 Å². The first-order chi connectivity index (χ1) is 57.5. The molecule has 0 saturated carbocycles. The minimum Gasteiger partial charge on any atom is -0.456 e. The predicted octanol–water partition coefficient (Wildman–Crippen LogP) is 34.7. The third kappa shape index (κ3) is 12.5. The van der Waals surface area contributed by atoms with Gasteiger partial charge in [0, 0.05) is 68.8 Å². The Kier molecular flexibility index (Phi) is 18.9. The van der Waals surface area contributed by atoms with Crippen LogP contribution in [0.25, 0.3) is 130 Å². The number of para-hydroxylation sites is 7. The van der Waals surface area contributed by atoms with Crippen LogP contribution < -0.4 is 9.80 Å². The fraction of sp³-hybridized carbons (Fsp3) is 0.232. The molecule has 0 bridgehead atoms. The molecule has 22 rings (SSSR count). The molecule has 0 spiro atoms. The monoisotopic (exact) mass is 1680 g/mol. The molecule has 2 aliphatic rings. The van der Waals surface area contributed by atoms with Crippen molar-refractivity contribution >= 4 is 196 Å². The van der Waals surface area contributed by atoms with E-state index < -0.39 is 0 Å². The Morgan fingerprint density at radius 2 is 0.681 bits per heavy atom. The molecule has 0 N–H and O–H groups in total. The fourth-order valence-electron chi connectivity index (χ4n) is 20.6. The summed E-state index contributed by atoms with van der Waals surface area (Å²) >= 11 is 7.77. The molecular formula is C112H100Br2N2O3. The lowest BCUT2D eigenvalue weighted by Crippen LogP contribution is -2.24. The van der Waals surface area contributed by atoms with E-state index in [9.17, 15) is 0 Å². The summed E-state index contributed by atoms with van der Waals surface area (Å²) in [6, 6.07) is 96.2. The van der Waals surface area contributed by atoms with Crippen LogP contribution in [0.3, 0.4) is 0 Å². The second-order valence-electron chi connectivity index (χ2n) is 36.7. The summed E-state index contributed by atoms with van der Waals surface area (Å²) in [5.74, 6) is 1.85. The molecule has 3 heterocycles. The first kappa shape index (κ1) is 76.5.